The molecule has 1 aromatic rings. The Kier molecular flexibility index (Phi) is 4.10. The van der Waals surface area contributed by atoms with Crippen molar-refractivity contribution in [3.63, 3.8) is 0 Å². The second kappa shape index (κ2) is 5.40. The van der Waals surface area contributed by atoms with Gasteiger partial charge in [-0.05, 0) is 35.8 Å². The Hall–Kier alpha value is -0.540. The van der Waals surface area contributed by atoms with Gasteiger partial charge in [-0.3, -0.25) is 4.79 Å². The lowest BCUT2D eigenvalue weighted by Gasteiger charge is -2.25. The van der Waals surface area contributed by atoms with Crippen molar-refractivity contribution >= 4 is 28.8 Å². The van der Waals surface area contributed by atoms with Gasteiger partial charge in [-0.25, -0.2) is 0 Å². The Labute approximate surface area is 112 Å². The van der Waals surface area contributed by atoms with Crippen molar-refractivity contribution in [3.8, 4) is 0 Å². The number of hydrogen-bond acceptors (Lipinski definition) is 2. The van der Waals surface area contributed by atoms with Gasteiger partial charge in [-0.1, -0.05) is 13.8 Å². The summed E-state index contributed by atoms with van der Waals surface area (Å²) in [5.74, 6) is 1.23. The van der Waals surface area contributed by atoms with E-state index in [0.717, 1.165) is 29.8 Å². The first-order valence-corrected chi connectivity index (χ1v) is 7.53. The molecule has 2 unspecified atom stereocenters. The molecule has 4 heteroatoms. The fourth-order valence-electron chi connectivity index (χ4n) is 2.43. The Balaban J connectivity index is 2.20. The van der Waals surface area contributed by atoms with E-state index >= 15 is 0 Å². The molecular formula is C13H18ClNOS. The number of halogens is 1. The maximum absolute atomic E-state index is 12.5. The first-order chi connectivity index (χ1) is 8.19. The number of thiophene rings is 1. The van der Waals surface area contributed by atoms with Crippen molar-refractivity contribution in [2.75, 3.05) is 12.4 Å². The topological polar surface area (TPSA) is 20.3 Å². The smallest absolute Gasteiger partial charge is 0.264 e. The Morgan fingerprint density at radius 2 is 2.41 bits per heavy atom. The molecule has 2 atom stereocenters. The van der Waals surface area contributed by atoms with Gasteiger partial charge in [0, 0.05) is 18.5 Å². The van der Waals surface area contributed by atoms with Gasteiger partial charge in [0.1, 0.15) is 0 Å². The van der Waals surface area contributed by atoms with E-state index in [2.05, 4.69) is 13.8 Å². The molecule has 0 aromatic carbocycles. The molecule has 1 aliphatic heterocycles. The summed E-state index contributed by atoms with van der Waals surface area (Å²) in [6, 6.07) is 2.25. The molecule has 0 radical (unpaired) electrons. The van der Waals surface area contributed by atoms with Crippen molar-refractivity contribution in [1.29, 1.82) is 0 Å². The van der Waals surface area contributed by atoms with Gasteiger partial charge in [0.2, 0.25) is 0 Å². The molecule has 94 valence electrons. The third kappa shape index (κ3) is 2.36. The van der Waals surface area contributed by atoms with Crippen LogP contribution in [0, 0.1) is 5.92 Å². The molecule has 0 N–H and O–H groups in total. The summed E-state index contributed by atoms with van der Waals surface area (Å²) in [5.41, 5.74) is 1.16. The Morgan fingerprint density at radius 3 is 3.06 bits per heavy atom. The fraction of sp³-hybridized carbons (Fsp3) is 0.615. The number of hydrogen-bond donors (Lipinski definition) is 0. The highest BCUT2D eigenvalue weighted by Crippen LogP contribution is 2.29. The van der Waals surface area contributed by atoms with Crippen molar-refractivity contribution < 1.29 is 4.79 Å². The average molecular weight is 272 g/mol. The van der Waals surface area contributed by atoms with E-state index in [1.54, 1.807) is 11.3 Å². The summed E-state index contributed by atoms with van der Waals surface area (Å²) in [5, 5.41) is 2.00. The standard InChI is InChI=1S/C13H18ClNOS/c1-3-10-5-7-17-12(10)13(16)15-6-4-9(2)11(15)8-14/h5,7,9,11H,3-4,6,8H2,1-2H3. The zero-order chi connectivity index (χ0) is 12.4. The minimum Gasteiger partial charge on any atom is -0.333 e. The van der Waals surface area contributed by atoms with Crippen LogP contribution < -0.4 is 0 Å². The molecular weight excluding hydrogens is 254 g/mol. The summed E-state index contributed by atoms with van der Waals surface area (Å²) in [6.45, 7) is 5.11. The molecule has 2 heterocycles. The van der Waals surface area contributed by atoms with Crippen LogP contribution in [0.5, 0.6) is 0 Å². The molecule has 1 amide bonds. The van der Waals surface area contributed by atoms with Crippen molar-refractivity contribution in [2.24, 2.45) is 5.92 Å². The maximum Gasteiger partial charge on any atom is 0.264 e. The van der Waals surface area contributed by atoms with Crippen LogP contribution in [-0.2, 0) is 6.42 Å². The molecule has 17 heavy (non-hydrogen) atoms. The fourth-order valence-corrected chi connectivity index (χ4v) is 3.85. The molecule has 0 spiro atoms. The van der Waals surface area contributed by atoms with E-state index in [-0.39, 0.29) is 11.9 Å². The molecule has 0 saturated carbocycles. The third-order valence-electron chi connectivity index (χ3n) is 3.62. The van der Waals surface area contributed by atoms with Crippen LogP contribution in [-0.4, -0.2) is 29.3 Å². The summed E-state index contributed by atoms with van der Waals surface area (Å²) in [4.78, 5) is 15.3. The van der Waals surface area contributed by atoms with Crippen molar-refractivity contribution in [1.82, 2.24) is 4.90 Å². The van der Waals surface area contributed by atoms with E-state index in [1.165, 1.54) is 0 Å². The highest BCUT2D eigenvalue weighted by Gasteiger charge is 2.35. The quantitative estimate of drug-likeness (QED) is 0.772. The van der Waals surface area contributed by atoms with Gasteiger partial charge < -0.3 is 4.90 Å². The molecule has 2 nitrogen and oxygen atoms in total. The van der Waals surface area contributed by atoms with Gasteiger partial charge in [0.25, 0.3) is 5.91 Å². The van der Waals surface area contributed by atoms with E-state index in [1.807, 2.05) is 16.3 Å². The van der Waals surface area contributed by atoms with E-state index < -0.39 is 0 Å². The highest BCUT2D eigenvalue weighted by molar-refractivity contribution is 7.12. The van der Waals surface area contributed by atoms with Crippen LogP contribution in [0.15, 0.2) is 11.4 Å². The lowest BCUT2D eigenvalue weighted by Crippen LogP contribution is -2.38. The van der Waals surface area contributed by atoms with Crippen LogP contribution in [0.3, 0.4) is 0 Å². The van der Waals surface area contributed by atoms with E-state index in [0.29, 0.717) is 11.8 Å². The van der Waals surface area contributed by atoms with Gasteiger partial charge >= 0.3 is 0 Å². The number of carbonyl (C=O) groups is 1. The van der Waals surface area contributed by atoms with Crippen LogP contribution in [0.4, 0.5) is 0 Å². The SMILES string of the molecule is CCc1ccsc1C(=O)N1CCC(C)C1CCl. The monoisotopic (exact) mass is 271 g/mol. The van der Waals surface area contributed by atoms with Crippen LogP contribution in [0.2, 0.25) is 0 Å². The number of carbonyl (C=O) groups excluding carboxylic acids is 1. The average Bonchev–Trinajstić information content (AvgIpc) is 2.93. The van der Waals surface area contributed by atoms with E-state index in [9.17, 15) is 4.79 Å². The van der Waals surface area contributed by atoms with Gasteiger partial charge in [-0.2, -0.15) is 0 Å². The normalized spacial score (nSPS) is 24.3. The second-order valence-electron chi connectivity index (χ2n) is 4.61. The maximum atomic E-state index is 12.5. The lowest BCUT2D eigenvalue weighted by molar-refractivity contribution is 0.0741. The first kappa shape index (κ1) is 12.9. The predicted octanol–water partition coefficient (Wildman–Crippen LogP) is 3.40. The third-order valence-corrected chi connectivity index (χ3v) is 4.88. The van der Waals surface area contributed by atoms with Crippen molar-refractivity contribution in [3.05, 3.63) is 21.9 Å². The van der Waals surface area contributed by atoms with Crippen LogP contribution in [0.1, 0.15) is 35.5 Å². The van der Waals surface area contributed by atoms with Crippen LogP contribution >= 0.6 is 22.9 Å². The zero-order valence-electron chi connectivity index (χ0n) is 10.3. The number of rotatable bonds is 3. The first-order valence-electron chi connectivity index (χ1n) is 6.12. The lowest BCUT2D eigenvalue weighted by atomic mass is 10.0. The second-order valence-corrected chi connectivity index (χ2v) is 5.84. The molecule has 0 aliphatic carbocycles. The van der Waals surface area contributed by atoms with Gasteiger partial charge in [0.05, 0.1) is 4.88 Å². The summed E-state index contributed by atoms with van der Waals surface area (Å²) in [6.07, 6.45) is 1.98. The highest BCUT2D eigenvalue weighted by atomic mass is 35.5. The molecule has 2 rings (SSSR count). The van der Waals surface area contributed by atoms with Crippen LogP contribution in [0.25, 0.3) is 0 Å². The number of likely N-dealkylation sites (tertiary alicyclic amines) is 1. The zero-order valence-corrected chi connectivity index (χ0v) is 11.9. The molecule has 1 aliphatic rings. The van der Waals surface area contributed by atoms with Crippen molar-refractivity contribution in [2.45, 2.75) is 32.7 Å². The largest absolute Gasteiger partial charge is 0.333 e. The molecule has 1 saturated heterocycles. The number of amides is 1. The molecule has 1 fully saturated rings. The molecule has 1 aromatic heterocycles. The van der Waals surface area contributed by atoms with Gasteiger partial charge in [-0.15, -0.1) is 22.9 Å². The predicted molar refractivity (Wildman–Crippen MR) is 73.0 cm³/mol. The minimum atomic E-state index is 0.173. The summed E-state index contributed by atoms with van der Waals surface area (Å²) >= 11 is 7.53. The Bertz CT molecular complexity index is 404. The summed E-state index contributed by atoms with van der Waals surface area (Å²) < 4.78 is 0. The summed E-state index contributed by atoms with van der Waals surface area (Å²) in [7, 11) is 0. The number of alkyl halides is 1. The van der Waals surface area contributed by atoms with Gasteiger partial charge in [0.15, 0.2) is 0 Å². The Morgan fingerprint density at radius 1 is 1.65 bits per heavy atom. The number of aryl methyl sites for hydroxylation is 1. The van der Waals surface area contributed by atoms with E-state index in [4.69, 9.17) is 11.6 Å². The number of nitrogens with zero attached hydrogens (tertiary/aromatic N) is 1. The minimum absolute atomic E-state index is 0.173. The molecule has 0 bridgehead atoms.